The molecule has 5 nitrogen and oxygen atoms in total. The minimum absolute atomic E-state index is 0.0359. The van der Waals surface area contributed by atoms with Crippen molar-refractivity contribution in [3.63, 3.8) is 0 Å². The van der Waals surface area contributed by atoms with E-state index in [1.807, 2.05) is 56.0 Å². The maximum Gasteiger partial charge on any atom is 0.262 e. The molecule has 0 fully saturated rings. The Kier molecular flexibility index (Phi) is 5.46. The quantitative estimate of drug-likeness (QED) is 0.484. The molecule has 2 heterocycles. The van der Waals surface area contributed by atoms with Gasteiger partial charge < -0.3 is 4.90 Å². The molecule has 1 atom stereocenters. The van der Waals surface area contributed by atoms with Crippen LogP contribution in [-0.4, -0.2) is 32.2 Å². The maximum absolute atomic E-state index is 13.1. The van der Waals surface area contributed by atoms with Gasteiger partial charge in [-0.1, -0.05) is 48.2 Å². The van der Waals surface area contributed by atoms with Gasteiger partial charge in [-0.15, -0.1) is 0 Å². The van der Waals surface area contributed by atoms with Gasteiger partial charge in [0.05, 0.1) is 16.2 Å². The zero-order valence-electron chi connectivity index (χ0n) is 17.0. The van der Waals surface area contributed by atoms with Crippen LogP contribution >= 0.6 is 11.8 Å². The predicted molar refractivity (Wildman–Crippen MR) is 117 cm³/mol. The Labute approximate surface area is 174 Å². The summed E-state index contributed by atoms with van der Waals surface area (Å²) in [6.07, 6.45) is 0.879. The van der Waals surface area contributed by atoms with Gasteiger partial charge in [-0.2, -0.15) is 0 Å². The van der Waals surface area contributed by atoms with E-state index in [0.717, 1.165) is 13.0 Å². The Balaban J connectivity index is 1.60. The largest absolute Gasteiger partial charge is 0.337 e. The summed E-state index contributed by atoms with van der Waals surface area (Å²) in [6.45, 7) is 7.20. The van der Waals surface area contributed by atoms with Crippen LogP contribution in [0.4, 0.5) is 0 Å². The lowest BCUT2D eigenvalue weighted by atomic mass is 10.00. The summed E-state index contributed by atoms with van der Waals surface area (Å²) in [6, 6.07) is 15.6. The average Bonchev–Trinajstić information content (AvgIpc) is 2.72. The first-order valence-electron chi connectivity index (χ1n) is 9.99. The highest BCUT2D eigenvalue weighted by molar-refractivity contribution is 8.00. The normalized spacial score (nSPS) is 14.8. The molecular weight excluding hydrogens is 382 g/mol. The van der Waals surface area contributed by atoms with Gasteiger partial charge >= 0.3 is 0 Å². The van der Waals surface area contributed by atoms with Crippen molar-refractivity contribution in [1.29, 1.82) is 0 Å². The molecular formula is C23H25N3O2S. The topological polar surface area (TPSA) is 55.2 Å². The second-order valence-electron chi connectivity index (χ2n) is 7.72. The smallest absolute Gasteiger partial charge is 0.262 e. The number of nitrogens with zero attached hydrogens (tertiary/aromatic N) is 3. The van der Waals surface area contributed by atoms with Crippen molar-refractivity contribution in [1.82, 2.24) is 14.5 Å². The number of carbonyl (C=O) groups is 1. The van der Waals surface area contributed by atoms with Gasteiger partial charge in [0.25, 0.3) is 5.56 Å². The van der Waals surface area contributed by atoms with E-state index >= 15 is 0 Å². The number of amides is 1. The maximum atomic E-state index is 13.1. The zero-order valence-corrected chi connectivity index (χ0v) is 17.8. The second-order valence-corrected chi connectivity index (χ2v) is 9.03. The van der Waals surface area contributed by atoms with Crippen LogP contribution in [0.5, 0.6) is 0 Å². The molecule has 0 radical (unpaired) electrons. The first-order valence-corrected chi connectivity index (χ1v) is 10.9. The van der Waals surface area contributed by atoms with E-state index in [0.29, 0.717) is 22.6 Å². The van der Waals surface area contributed by atoms with Crippen molar-refractivity contribution >= 4 is 28.6 Å². The monoisotopic (exact) mass is 407 g/mol. The van der Waals surface area contributed by atoms with Crippen molar-refractivity contribution < 1.29 is 4.79 Å². The summed E-state index contributed by atoms with van der Waals surface area (Å²) in [7, 11) is 0. The van der Waals surface area contributed by atoms with E-state index in [-0.39, 0.29) is 22.8 Å². The van der Waals surface area contributed by atoms with Crippen LogP contribution in [0, 0.1) is 0 Å². The molecule has 0 N–H and O–H groups in total. The highest BCUT2D eigenvalue weighted by atomic mass is 32.2. The molecule has 1 aromatic heterocycles. The number of aromatic nitrogens is 2. The molecule has 1 unspecified atom stereocenters. The molecule has 29 heavy (non-hydrogen) atoms. The van der Waals surface area contributed by atoms with Crippen molar-refractivity contribution in [2.45, 2.75) is 50.2 Å². The summed E-state index contributed by atoms with van der Waals surface area (Å²) in [5, 5.41) is 0.887. The first kappa shape index (κ1) is 19.7. The fourth-order valence-corrected chi connectivity index (χ4v) is 4.94. The lowest BCUT2D eigenvalue weighted by Crippen LogP contribution is -2.40. The number of hydrogen-bond donors (Lipinski definition) is 0. The summed E-state index contributed by atoms with van der Waals surface area (Å²) in [5.74, 6) is 0.0854. The van der Waals surface area contributed by atoms with Gasteiger partial charge in [0.2, 0.25) is 5.91 Å². The standard InChI is InChI=1S/C23H25N3O2S/c1-15(2)26-22(28)19-10-6-7-11-20(19)24-23(26)29-16(3)21(27)25-13-12-17-8-4-5-9-18(17)14-25/h4-11,15-16H,12-14H2,1-3H3. The third kappa shape index (κ3) is 3.81. The third-order valence-corrected chi connectivity index (χ3v) is 6.42. The molecule has 4 rings (SSSR count). The number of fused-ring (bicyclic) bond motifs is 2. The molecule has 0 saturated carbocycles. The summed E-state index contributed by atoms with van der Waals surface area (Å²) in [4.78, 5) is 32.8. The minimum atomic E-state index is -0.321. The Bertz CT molecular complexity index is 1120. The lowest BCUT2D eigenvalue weighted by Gasteiger charge is -2.31. The van der Waals surface area contributed by atoms with Crippen LogP contribution in [-0.2, 0) is 17.8 Å². The second kappa shape index (κ2) is 8.03. The van der Waals surface area contributed by atoms with Crippen molar-refractivity contribution in [2.24, 2.45) is 0 Å². The van der Waals surface area contributed by atoms with E-state index in [9.17, 15) is 9.59 Å². The molecule has 3 aromatic rings. The van der Waals surface area contributed by atoms with Crippen LogP contribution in [0.1, 0.15) is 37.9 Å². The number of carbonyl (C=O) groups excluding carboxylic acids is 1. The van der Waals surface area contributed by atoms with Gasteiger partial charge in [-0.25, -0.2) is 4.98 Å². The molecule has 1 aliphatic heterocycles. The molecule has 0 saturated heterocycles. The highest BCUT2D eigenvalue weighted by Crippen LogP contribution is 2.27. The van der Waals surface area contributed by atoms with Gasteiger partial charge in [0.1, 0.15) is 0 Å². The zero-order chi connectivity index (χ0) is 20.5. The van der Waals surface area contributed by atoms with E-state index in [2.05, 4.69) is 12.1 Å². The van der Waals surface area contributed by atoms with E-state index < -0.39 is 0 Å². The number of benzene rings is 2. The molecule has 6 heteroatoms. The average molecular weight is 408 g/mol. The van der Waals surface area contributed by atoms with Crippen LogP contribution in [0.25, 0.3) is 10.9 Å². The van der Waals surface area contributed by atoms with Crippen molar-refractivity contribution in [2.75, 3.05) is 6.54 Å². The Hall–Kier alpha value is -2.60. The van der Waals surface area contributed by atoms with Gasteiger partial charge in [-0.05, 0) is 50.5 Å². The molecule has 0 aliphatic carbocycles. The Morgan fingerprint density at radius 1 is 1.03 bits per heavy atom. The number of rotatable bonds is 4. The lowest BCUT2D eigenvalue weighted by molar-refractivity contribution is -0.131. The predicted octanol–water partition coefficient (Wildman–Crippen LogP) is 4.04. The van der Waals surface area contributed by atoms with E-state index in [1.165, 1.54) is 22.9 Å². The van der Waals surface area contributed by atoms with Crippen molar-refractivity contribution in [3.05, 3.63) is 70.0 Å². The van der Waals surface area contributed by atoms with Crippen LogP contribution < -0.4 is 5.56 Å². The van der Waals surface area contributed by atoms with E-state index in [1.54, 1.807) is 10.6 Å². The number of para-hydroxylation sites is 1. The number of thioether (sulfide) groups is 1. The van der Waals surface area contributed by atoms with Crippen LogP contribution in [0.3, 0.4) is 0 Å². The number of hydrogen-bond acceptors (Lipinski definition) is 4. The minimum Gasteiger partial charge on any atom is -0.337 e. The van der Waals surface area contributed by atoms with Gasteiger partial charge in [0, 0.05) is 19.1 Å². The fourth-order valence-electron chi connectivity index (χ4n) is 3.81. The van der Waals surface area contributed by atoms with E-state index in [4.69, 9.17) is 4.98 Å². The molecule has 2 aromatic carbocycles. The highest BCUT2D eigenvalue weighted by Gasteiger charge is 2.27. The Morgan fingerprint density at radius 2 is 1.72 bits per heavy atom. The van der Waals surface area contributed by atoms with Gasteiger partial charge in [-0.3, -0.25) is 14.2 Å². The van der Waals surface area contributed by atoms with Crippen molar-refractivity contribution in [3.8, 4) is 0 Å². The summed E-state index contributed by atoms with van der Waals surface area (Å²) < 4.78 is 1.70. The summed E-state index contributed by atoms with van der Waals surface area (Å²) >= 11 is 1.37. The third-order valence-electron chi connectivity index (χ3n) is 5.36. The van der Waals surface area contributed by atoms with Gasteiger partial charge in [0.15, 0.2) is 5.16 Å². The van der Waals surface area contributed by atoms with Crippen LogP contribution in [0.15, 0.2) is 58.5 Å². The molecule has 1 aliphatic rings. The molecule has 150 valence electrons. The molecule has 0 bridgehead atoms. The first-order chi connectivity index (χ1) is 14.0. The summed E-state index contributed by atoms with van der Waals surface area (Å²) in [5.41, 5.74) is 3.15. The SMILES string of the molecule is CC(Sc1nc2ccccc2c(=O)n1C(C)C)C(=O)N1CCc2ccccc2C1. The Morgan fingerprint density at radius 3 is 2.48 bits per heavy atom. The van der Waals surface area contributed by atoms with Crippen LogP contribution in [0.2, 0.25) is 0 Å². The molecule has 0 spiro atoms. The molecule has 1 amide bonds. The fraction of sp³-hybridized carbons (Fsp3) is 0.348.